The first-order valence-electron chi connectivity index (χ1n) is 9.78. The summed E-state index contributed by atoms with van der Waals surface area (Å²) in [5.41, 5.74) is 2.58. The molecule has 0 N–H and O–H groups in total. The second-order valence-corrected chi connectivity index (χ2v) is 7.13. The van der Waals surface area contributed by atoms with E-state index in [9.17, 15) is 14.0 Å². The molecule has 0 atom stereocenters. The maximum Gasteiger partial charge on any atom is 0.297 e. The van der Waals surface area contributed by atoms with Crippen LogP contribution in [0, 0.1) is 12.7 Å². The molecule has 3 aromatic heterocycles. The molecule has 1 amide bonds. The molecule has 0 saturated heterocycles. The van der Waals surface area contributed by atoms with E-state index in [0.717, 1.165) is 10.6 Å². The number of hydrogen-bond acceptors (Lipinski definition) is 5. The highest BCUT2D eigenvalue weighted by molar-refractivity contribution is 5.93. The molecule has 0 saturated carbocycles. The number of nitrogens with zero attached hydrogens (tertiary/aromatic N) is 4. The third-order valence-corrected chi connectivity index (χ3v) is 5.09. The van der Waals surface area contributed by atoms with E-state index in [4.69, 9.17) is 9.57 Å². The van der Waals surface area contributed by atoms with E-state index >= 15 is 0 Å². The topological polar surface area (TPSA) is 78.1 Å². The van der Waals surface area contributed by atoms with Gasteiger partial charge in [0.15, 0.2) is 5.69 Å². The minimum absolute atomic E-state index is 0.219. The Hall–Kier alpha value is -3.98. The number of hydrogen-bond donors (Lipinski definition) is 0. The third kappa shape index (κ3) is 4.10. The summed E-state index contributed by atoms with van der Waals surface area (Å²) in [5, 5.41) is 1.10. The van der Waals surface area contributed by atoms with Crippen LogP contribution >= 0.6 is 0 Å². The lowest BCUT2D eigenvalue weighted by Crippen LogP contribution is -2.26. The average molecular weight is 436 g/mol. The molecule has 0 spiro atoms. The highest BCUT2D eigenvalue weighted by Gasteiger charge is 2.20. The maximum atomic E-state index is 13.0. The molecule has 0 radical (unpaired) electrons. The van der Waals surface area contributed by atoms with Crippen molar-refractivity contribution >= 4 is 11.6 Å². The highest BCUT2D eigenvalue weighted by atomic mass is 19.1. The summed E-state index contributed by atoms with van der Waals surface area (Å²) in [6.45, 7) is 1.99. The van der Waals surface area contributed by atoms with Crippen LogP contribution in [0.1, 0.15) is 21.7 Å². The number of carbonyl (C=O) groups is 1. The number of amides is 1. The summed E-state index contributed by atoms with van der Waals surface area (Å²) in [7, 11) is 2.91. The van der Waals surface area contributed by atoms with Crippen LogP contribution in [0.3, 0.4) is 0 Å². The molecule has 0 unspecified atom stereocenters. The summed E-state index contributed by atoms with van der Waals surface area (Å²) >= 11 is 0. The number of aryl methyl sites for hydroxylation is 1. The van der Waals surface area contributed by atoms with E-state index in [2.05, 4.69) is 4.98 Å². The molecular formula is C23H21FN4O4. The smallest absolute Gasteiger partial charge is 0.297 e. The van der Waals surface area contributed by atoms with Crippen LogP contribution in [0.15, 0.2) is 65.7 Å². The second-order valence-electron chi connectivity index (χ2n) is 7.13. The molecule has 0 aliphatic rings. The first kappa shape index (κ1) is 21.3. The first-order chi connectivity index (χ1) is 15.4. The number of pyridine rings is 2. The molecule has 0 aliphatic heterocycles. The number of imidazole rings is 1. The number of benzene rings is 1. The maximum absolute atomic E-state index is 13.0. The molecule has 8 nitrogen and oxygen atoms in total. The highest BCUT2D eigenvalue weighted by Crippen LogP contribution is 2.17. The van der Waals surface area contributed by atoms with Crippen molar-refractivity contribution in [3.63, 3.8) is 0 Å². The standard InChI is InChI=1S/C23H21FN4O4/c1-15-22(23(30)26(2)31-3)25-20-9-8-18(13-28(15)20)27-11-10-19(12-21(27)29)32-14-16-4-6-17(24)7-5-16/h4-13H,14H2,1-3H3. The van der Waals surface area contributed by atoms with E-state index in [1.807, 2.05) is 0 Å². The number of carbonyl (C=O) groups excluding carboxylic acids is 1. The van der Waals surface area contributed by atoms with Crippen molar-refractivity contribution < 1.29 is 18.8 Å². The lowest BCUT2D eigenvalue weighted by atomic mass is 10.2. The summed E-state index contributed by atoms with van der Waals surface area (Å²) in [5.74, 6) is -0.273. The molecule has 0 fully saturated rings. The molecule has 0 aliphatic carbocycles. The fraction of sp³-hybridized carbons (Fsp3) is 0.174. The van der Waals surface area contributed by atoms with Crippen LogP contribution in [0.4, 0.5) is 4.39 Å². The zero-order valence-corrected chi connectivity index (χ0v) is 17.8. The lowest BCUT2D eigenvalue weighted by Gasteiger charge is -2.12. The van der Waals surface area contributed by atoms with Crippen molar-refractivity contribution in [3.8, 4) is 11.4 Å². The van der Waals surface area contributed by atoms with Gasteiger partial charge in [-0.15, -0.1) is 0 Å². The number of aromatic nitrogens is 3. The van der Waals surface area contributed by atoms with Crippen molar-refractivity contribution in [3.05, 3.63) is 94.0 Å². The molecular weight excluding hydrogens is 415 g/mol. The molecule has 9 heteroatoms. The van der Waals surface area contributed by atoms with Crippen LogP contribution in [-0.2, 0) is 11.4 Å². The lowest BCUT2D eigenvalue weighted by molar-refractivity contribution is -0.0760. The van der Waals surface area contributed by atoms with Crippen molar-refractivity contribution in [2.45, 2.75) is 13.5 Å². The summed E-state index contributed by atoms with van der Waals surface area (Å²) < 4.78 is 21.9. The fourth-order valence-corrected chi connectivity index (χ4v) is 3.24. The van der Waals surface area contributed by atoms with Crippen LogP contribution in [0.5, 0.6) is 5.75 Å². The Morgan fingerprint density at radius 2 is 1.91 bits per heavy atom. The van der Waals surface area contributed by atoms with E-state index < -0.39 is 0 Å². The summed E-state index contributed by atoms with van der Waals surface area (Å²) in [4.78, 5) is 34.4. The number of hydroxylamine groups is 2. The predicted molar refractivity (Wildman–Crippen MR) is 115 cm³/mol. The number of rotatable bonds is 6. The molecule has 4 aromatic rings. The minimum Gasteiger partial charge on any atom is -0.489 e. The van der Waals surface area contributed by atoms with Crippen LogP contribution in [0.2, 0.25) is 0 Å². The van der Waals surface area contributed by atoms with Gasteiger partial charge in [-0.25, -0.2) is 14.4 Å². The largest absolute Gasteiger partial charge is 0.489 e. The quantitative estimate of drug-likeness (QED) is 0.434. The van der Waals surface area contributed by atoms with Gasteiger partial charge in [-0.1, -0.05) is 12.1 Å². The van der Waals surface area contributed by atoms with Crippen molar-refractivity contribution in [1.29, 1.82) is 0 Å². The van der Waals surface area contributed by atoms with Gasteiger partial charge in [-0.2, -0.15) is 0 Å². The fourth-order valence-electron chi connectivity index (χ4n) is 3.24. The zero-order chi connectivity index (χ0) is 22.8. The van der Waals surface area contributed by atoms with E-state index in [1.54, 1.807) is 54.0 Å². The Labute approximate surface area is 183 Å². The SMILES string of the molecule is CON(C)C(=O)c1nc2ccc(-n3ccc(OCc4ccc(F)cc4)cc3=O)cn2c1C. The van der Waals surface area contributed by atoms with Crippen molar-refractivity contribution in [2.24, 2.45) is 0 Å². The monoisotopic (exact) mass is 436 g/mol. The summed E-state index contributed by atoms with van der Waals surface area (Å²) in [6, 6.07) is 12.5. The Bertz CT molecular complexity index is 1340. The van der Waals surface area contributed by atoms with E-state index in [0.29, 0.717) is 22.8 Å². The summed E-state index contributed by atoms with van der Waals surface area (Å²) in [6.07, 6.45) is 3.35. The average Bonchev–Trinajstić information content (AvgIpc) is 3.13. The Morgan fingerprint density at radius 3 is 2.59 bits per heavy atom. The van der Waals surface area contributed by atoms with Crippen LogP contribution in [-0.4, -0.2) is 39.1 Å². The predicted octanol–water partition coefficient (Wildman–Crippen LogP) is 3.15. The first-order valence-corrected chi connectivity index (χ1v) is 9.78. The van der Waals surface area contributed by atoms with Gasteiger partial charge in [0.2, 0.25) is 0 Å². The Kier molecular flexibility index (Phi) is 5.74. The molecule has 164 valence electrons. The molecule has 4 rings (SSSR count). The van der Waals surface area contributed by atoms with Gasteiger partial charge in [-0.3, -0.25) is 19.0 Å². The van der Waals surface area contributed by atoms with Gasteiger partial charge in [0.1, 0.15) is 23.8 Å². The molecule has 32 heavy (non-hydrogen) atoms. The van der Waals surface area contributed by atoms with E-state index in [1.165, 1.54) is 36.9 Å². The molecule has 1 aromatic carbocycles. The van der Waals surface area contributed by atoms with Gasteiger partial charge >= 0.3 is 0 Å². The number of halogens is 1. The molecule has 3 heterocycles. The van der Waals surface area contributed by atoms with Gasteiger partial charge in [0.25, 0.3) is 11.5 Å². The van der Waals surface area contributed by atoms with Crippen molar-refractivity contribution in [2.75, 3.05) is 14.2 Å². The number of fused-ring (bicyclic) bond motifs is 1. The third-order valence-electron chi connectivity index (χ3n) is 5.09. The van der Waals surface area contributed by atoms with E-state index in [-0.39, 0.29) is 29.6 Å². The van der Waals surface area contributed by atoms with Gasteiger partial charge < -0.3 is 9.14 Å². The van der Waals surface area contributed by atoms with Gasteiger partial charge in [-0.05, 0) is 42.8 Å². The normalized spacial score (nSPS) is 11.0. The van der Waals surface area contributed by atoms with Crippen LogP contribution < -0.4 is 10.3 Å². The second kappa shape index (κ2) is 8.64. The molecule has 0 bridgehead atoms. The van der Waals surface area contributed by atoms with Gasteiger partial charge in [0, 0.05) is 25.5 Å². The van der Waals surface area contributed by atoms with Crippen LogP contribution in [0.25, 0.3) is 11.3 Å². The zero-order valence-electron chi connectivity index (χ0n) is 17.8. The van der Waals surface area contributed by atoms with Crippen molar-refractivity contribution in [1.82, 2.24) is 19.0 Å². The Morgan fingerprint density at radius 1 is 1.16 bits per heavy atom. The minimum atomic E-state index is -0.366. The Balaban J connectivity index is 1.59. The van der Waals surface area contributed by atoms with Gasteiger partial charge in [0.05, 0.1) is 18.5 Å². The number of ether oxygens (including phenoxy) is 1.